The van der Waals surface area contributed by atoms with Crippen LogP contribution in [0.1, 0.15) is 16.7 Å². The Kier molecular flexibility index (Phi) is 3.55. The Balaban J connectivity index is 2.24. The van der Waals surface area contributed by atoms with Crippen molar-refractivity contribution in [3.05, 3.63) is 83.9 Å². The van der Waals surface area contributed by atoms with Crippen molar-refractivity contribution in [2.24, 2.45) is 0 Å². The largest absolute Gasteiger partial charge is 0.103 e. The van der Waals surface area contributed by atoms with Gasteiger partial charge < -0.3 is 0 Å². The van der Waals surface area contributed by atoms with Gasteiger partial charge in [0.25, 0.3) is 0 Å². The summed E-state index contributed by atoms with van der Waals surface area (Å²) in [4.78, 5) is 0. The van der Waals surface area contributed by atoms with Crippen LogP contribution in [0.25, 0.3) is 0 Å². The minimum absolute atomic E-state index is 0.947. The molecule has 0 amide bonds. The maximum atomic E-state index is 3.80. The summed E-state index contributed by atoms with van der Waals surface area (Å²) in [5.74, 6) is 0. The Morgan fingerprint density at radius 3 is 2.12 bits per heavy atom. The maximum absolute atomic E-state index is 3.80. The standard InChI is InChI=1S/C16H16/c1-2-8-15-11-6-7-12-16(15)13-14-9-4-3-5-10-14/h2-7,9-12H,1,8,13H2. The molecule has 0 bridgehead atoms. The SMILES string of the molecule is C=CCc1ccccc1Cc1ccccc1. The average molecular weight is 208 g/mol. The molecule has 0 aliphatic heterocycles. The van der Waals surface area contributed by atoms with Crippen LogP contribution in [0, 0.1) is 0 Å². The van der Waals surface area contributed by atoms with E-state index in [-0.39, 0.29) is 0 Å². The third kappa shape index (κ3) is 2.60. The normalized spacial score (nSPS) is 10.0. The molecule has 0 radical (unpaired) electrons. The fraction of sp³-hybridized carbons (Fsp3) is 0.125. The van der Waals surface area contributed by atoms with Gasteiger partial charge in [0, 0.05) is 0 Å². The van der Waals surface area contributed by atoms with Crippen molar-refractivity contribution in [1.29, 1.82) is 0 Å². The molecule has 2 aromatic carbocycles. The molecule has 0 aliphatic carbocycles. The van der Waals surface area contributed by atoms with Gasteiger partial charge in [-0.1, -0.05) is 60.7 Å². The fourth-order valence-electron chi connectivity index (χ4n) is 1.90. The lowest BCUT2D eigenvalue weighted by molar-refractivity contribution is 1.12. The van der Waals surface area contributed by atoms with Gasteiger partial charge in [-0.05, 0) is 29.5 Å². The van der Waals surface area contributed by atoms with Gasteiger partial charge in [-0.25, -0.2) is 0 Å². The first kappa shape index (κ1) is 10.7. The Labute approximate surface area is 97.3 Å². The Hall–Kier alpha value is -1.82. The Morgan fingerprint density at radius 2 is 1.44 bits per heavy atom. The highest BCUT2D eigenvalue weighted by Crippen LogP contribution is 2.15. The number of hydrogen-bond donors (Lipinski definition) is 0. The second kappa shape index (κ2) is 5.32. The van der Waals surface area contributed by atoms with E-state index in [0.717, 1.165) is 12.8 Å². The summed E-state index contributed by atoms with van der Waals surface area (Å²) in [5, 5.41) is 0. The molecule has 0 aliphatic rings. The zero-order valence-electron chi connectivity index (χ0n) is 9.39. The second-order valence-electron chi connectivity index (χ2n) is 3.92. The molecule has 0 N–H and O–H groups in total. The first-order valence-electron chi connectivity index (χ1n) is 5.62. The molecule has 0 saturated heterocycles. The van der Waals surface area contributed by atoms with Crippen LogP contribution in [0.2, 0.25) is 0 Å². The lowest BCUT2D eigenvalue weighted by Crippen LogP contribution is -1.94. The topological polar surface area (TPSA) is 0 Å². The van der Waals surface area contributed by atoms with Gasteiger partial charge in [0.15, 0.2) is 0 Å². The average Bonchev–Trinajstić information content (AvgIpc) is 2.33. The molecule has 0 heterocycles. The van der Waals surface area contributed by atoms with Crippen LogP contribution in [-0.4, -0.2) is 0 Å². The second-order valence-corrected chi connectivity index (χ2v) is 3.92. The smallest absolute Gasteiger partial charge is 0.00229 e. The molecule has 16 heavy (non-hydrogen) atoms. The van der Waals surface area contributed by atoms with Crippen LogP contribution in [0.4, 0.5) is 0 Å². The van der Waals surface area contributed by atoms with Crippen molar-refractivity contribution in [2.45, 2.75) is 12.8 Å². The predicted octanol–water partition coefficient (Wildman–Crippen LogP) is 4.01. The molecule has 0 saturated carbocycles. The monoisotopic (exact) mass is 208 g/mol. The molecular formula is C16H16. The van der Waals surface area contributed by atoms with Crippen molar-refractivity contribution in [1.82, 2.24) is 0 Å². The summed E-state index contributed by atoms with van der Waals surface area (Å²) < 4.78 is 0. The molecular weight excluding hydrogens is 192 g/mol. The first-order valence-corrected chi connectivity index (χ1v) is 5.62. The molecule has 0 unspecified atom stereocenters. The van der Waals surface area contributed by atoms with Gasteiger partial charge in [-0.3, -0.25) is 0 Å². The summed E-state index contributed by atoms with van der Waals surface area (Å²) in [6, 6.07) is 19.1. The van der Waals surface area contributed by atoms with Gasteiger partial charge in [-0.15, -0.1) is 6.58 Å². The zero-order chi connectivity index (χ0) is 11.2. The third-order valence-electron chi connectivity index (χ3n) is 2.72. The molecule has 80 valence electrons. The van der Waals surface area contributed by atoms with Gasteiger partial charge in [0.1, 0.15) is 0 Å². The van der Waals surface area contributed by atoms with E-state index in [4.69, 9.17) is 0 Å². The van der Waals surface area contributed by atoms with Crippen molar-refractivity contribution >= 4 is 0 Å². The third-order valence-corrected chi connectivity index (χ3v) is 2.72. The van der Waals surface area contributed by atoms with E-state index < -0.39 is 0 Å². The van der Waals surface area contributed by atoms with E-state index >= 15 is 0 Å². The van der Waals surface area contributed by atoms with Gasteiger partial charge in [-0.2, -0.15) is 0 Å². The lowest BCUT2D eigenvalue weighted by Gasteiger charge is -2.07. The minimum atomic E-state index is 0.947. The van der Waals surface area contributed by atoms with Crippen LogP contribution in [0.5, 0.6) is 0 Å². The van der Waals surface area contributed by atoms with Crippen LogP contribution in [0.15, 0.2) is 67.3 Å². The molecule has 0 spiro atoms. The van der Waals surface area contributed by atoms with E-state index in [1.165, 1.54) is 16.7 Å². The number of rotatable bonds is 4. The number of benzene rings is 2. The molecule has 0 atom stereocenters. The van der Waals surface area contributed by atoms with Gasteiger partial charge in [0.05, 0.1) is 0 Å². The summed E-state index contributed by atoms with van der Waals surface area (Å²) in [7, 11) is 0. The molecule has 0 aromatic heterocycles. The highest BCUT2D eigenvalue weighted by Gasteiger charge is 2.00. The summed E-state index contributed by atoms with van der Waals surface area (Å²) in [6.45, 7) is 3.80. The van der Waals surface area contributed by atoms with E-state index in [1.807, 2.05) is 6.08 Å². The van der Waals surface area contributed by atoms with Crippen LogP contribution in [0.3, 0.4) is 0 Å². The lowest BCUT2D eigenvalue weighted by atomic mass is 9.98. The number of hydrogen-bond acceptors (Lipinski definition) is 0. The molecule has 2 rings (SSSR count). The molecule has 0 nitrogen and oxygen atoms in total. The highest BCUT2D eigenvalue weighted by molar-refractivity contribution is 5.33. The van der Waals surface area contributed by atoms with Crippen LogP contribution in [-0.2, 0) is 12.8 Å². The van der Waals surface area contributed by atoms with Crippen LogP contribution < -0.4 is 0 Å². The molecule has 0 heteroatoms. The zero-order valence-corrected chi connectivity index (χ0v) is 9.39. The van der Waals surface area contributed by atoms with Crippen molar-refractivity contribution in [2.75, 3.05) is 0 Å². The minimum Gasteiger partial charge on any atom is -0.103 e. The van der Waals surface area contributed by atoms with Crippen molar-refractivity contribution < 1.29 is 0 Å². The molecule has 2 aromatic rings. The van der Waals surface area contributed by atoms with E-state index in [2.05, 4.69) is 61.2 Å². The van der Waals surface area contributed by atoms with E-state index in [9.17, 15) is 0 Å². The summed E-state index contributed by atoms with van der Waals surface area (Å²) in [6.07, 6.45) is 3.91. The van der Waals surface area contributed by atoms with E-state index in [0.29, 0.717) is 0 Å². The van der Waals surface area contributed by atoms with Crippen molar-refractivity contribution in [3.63, 3.8) is 0 Å². The van der Waals surface area contributed by atoms with Gasteiger partial charge >= 0.3 is 0 Å². The Morgan fingerprint density at radius 1 is 0.812 bits per heavy atom. The predicted molar refractivity (Wildman–Crippen MR) is 69.6 cm³/mol. The van der Waals surface area contributed by atoms with Gasteiger partial charge in [0.2, 0.25) is 0 Å². The molecule has 0 fully saturated rings. The first-order chi connectivity index (χ1) is 7.90. The Bertz CT molecular complexity index is 454. The van der Waals surface area contributed by atoms with Crippen molar-refractivity contribution in [3.8, 4) is 0 Å². The summed E-state index contributed by atoms with van der Waals surface area (Å²) in [5.41, 5.74) is 4.13. The van der Waals surface area contributed by atoms with Crippen LogP contribution >= 0.6 is 0 Å². The quantitative estimate of drug-likeness (QED) is 0.666. The highest BCUT2D eigenvalue weighted by atomic mass is 14.1. The fourth-order valence-corrected chi connectivity index (χ4v) is 1.90. The summed E-state index contributed by atoms with van der Waals surface area (Å²) >= 11 is 0. The number of allylic oxidation sites excluding steroid dienone is 1. The van der Waals surface area contributed by atoms with E-state index in [1.54, 1.807) is 0 Å². The maximum Gasteiger partial charge on any atom is -0.00229 e.